The van der Waals surface area contributed by atoms with Crippen LogP contribution in [-0.4, -0.2) is 11.1 Å². The average molecular weight is 267 g/mol. The van der Waals surface area contributed by atoms with Crippen LogP contribution in [0.1, 0.15) is 24.0 Å². The molecule has 0 saturated carbocycles. The molecular weight excluding hydrogens is 256 g/mol. The topological polar surface area (TPSA) is 37.3 Å². The average Bonchev–Trinajstić information content (AvgIpc) is 2.19. The third kappa shape index (κ3) is 2.12. The Hall–Kier alpha value is -1.09. The van der Waals surface area contributed by atoms with Gasteiger partial charge in [0.1, 0.15) is 0 Å². The van der Waals surface area contributed by atoms with Crippen molar-refractivity contribution in [1.82, 2.24) is 0 Å². The summed E-state index contributed by atoms with van der Waals surface area (Å²) in [6.45, 7) is 0. The zero-order valence-corrected chi connectivity index (χ0v) is 9.75. The summed E-state index contributed by atoms with van der Waals surface area (Å²) in [5, 5.41) is 8.81. The van der Waals surface area contributed by atoms with Crippen molar-refractivity contribution in [2.24, 2.45) is 0 Å². The van der Waals surface area contributed by atoms with Crippen molar-refractivity contribution >= 4 is 27.5 Å². The quantitative estimate of drug-likeness (QED) is 0.893. The number of rotatable bonds is 2. The van der Waals surface area contributed by atoms with Gasteiger partial charge in [-0.25, -0.2) is 0 Å². The summed E-state index contributed by atoms with van der Waals surface area (Å²) in [4.78, 5) is 10.7. The van der Waals surface area contributed by atoms with Crippen molar-refractivity contribution < 1.29 is 9.90 Å². The number of aliphatic carboxylic acids is 1. The highest BCUT2D eigenvalue weighted by molar-refractivity contribution is 9.10. The van der Waals surface area contributed by atoms with Gasteiger partial charge in [-0.05, 0) is 35.6 Å². The van der Waals surface area contributed by atoms with E-state index in [2.05, 4.69) is 15.9 Å². The lowest BCUT2D eigenvalue weighted by atomic mass is 9.89. The van der Waals surface area contributed by atoms with Crippen LogP contribution < -0.4 is 0 Å². The number of carboxylic acids is 1. The van der Waals surface area contributed by atoms with E-state index >= 15 is 0 Å². The first-order chi connectivity index (χ1) is 7.18. The number of halogens is 1. The standard InChI is InChI=1S/C12H11BrO2/c13-11-6-2-4-9-8(7-12(14)15)3-1-5-10(9)11/h2-4,6H,1,5,7H2,(H,14,15). The molecule has 0 aromatic heterocycles. The van der Waals surface area contributed by atoms with Gasteiger partial charge in [0.25, 0.3) is 0 Å². The van der Waals surface area contributed by atoms with Gasteiger partial charge in [0.15, 0.2) is 0 Å². The summed E-state index contributed by atoms with van der Waals surface area (Å²) in [6.07, 6.45) is 4.06. The molecule has 78 valence electrons. The van der Waals surface area contributed by atoms with Crippen LogP contribution in [0, 0.1) is 0 Å². The fourth-order valence-electron chi connectivity index (χ4n) is 1.94. The molecule has 0 amide bonds. The monoisotopic (exact) mass is 266 g/mol. The second kappa shape index (κ2) is 4.19. The van der Waals surface area contributed by atoms with E-state index in [9.17, 15) is 4.79 Å². The maximum Gasteiger partial charge on any atom is 0.307 e. The Labute approximate surface area is 96.7 Å². The molecule has 0 fully saturated rings. The minimum Gasteiger partial charge on any atom is -0.481 e. The van der Waals surface area contributed by atoms with E-state index in [0.717, 1.165) is 28.5 Å². The zero-order valence-electron chi connectivity index (χ0n) is 8.16. The van der Waals surface area contributed by atoms with E-state index in [4.69, 9.17) is 5.11 Å². The summed E-state index contributed by atoms with van der Waals surface area (Å²) in [7, 11) is 0. The Kier molecular flexibility index (Phi) is 2.91. The molecule has 2 rings (SSSR count). The fraction of sp³-hybridized carbons (Fsp3) is 0.250. The summed E-state index contributed by atoms with van der Waals surface area (Å²) >= 11 is 3.50. The number of hydrogen-bond donors (Lipinski definition) is 1. The van der Waals surface area contributed by atoms with Crippen molar-refractivity contribution in [3.05, 3.63) is 39.9 Å². The molecule has 1 aromatic rings. The van der Waals surface area contributed by atoms with Crippen molar-refractivity contribution in [1.29, 1.82) is 0 Å². The highest BCUT2D eigenvalue weighted by atomic mass is 79.9. The number of allylic oxidation sites excluding steroid dienone is 1. The van der Waals surface area contributed by atoms with E-state index in [1.807, 2.05) is 24.3 Å². The van der Waals surface area contributed by atoms with Crippen molar-refractivity contribution in [3.8, 4) is 0 Å². The van der Waals surface area contributed by atoms with E-state index in [0.29, 0.717) is 0 Å². The molecule has 0 heterocycles. The molecule has 0 bridgehead atoms. The first kappa shape index (κ1) is 10.4. The molecule has 0 aliphatic heterocycles. The maximum atomic E-state index is 10.7. The van der Waals surface area contributed by atoms with Gasteiger partial charge in [-0.3, -0.25) is 4.79 Å². The Balaban J connectivity index is 2.42. The van der Waals surface area contributed by atoms with Crippen LogP contribution in [0.4, 0.5) is 0 Å². The number of hydrogen-bond acceptors (Lipinski definition) is 1. The summed E-state index contributed by atoms with van der Waals surface area (Å²) in [6, 6.07) is 5.94. The van der Waals surface area contributed by atoms with Crippen LogP contribution in [0.25, 0.3) is 5.57 Å². The first-order valence-corrected chi connectivity index (χ1v) is 5.66. The molecule has 3 heteroatoms. The van der Waals surface area contributed by atoms with Gasteiger partial charge in [-0.2, -0.15) is 0 Å². The molecule has 0 unspecified atom stereocenters. The number of fused-ring (bicyclic) bond motifs is 1. The molecule has 1 aromatic carbocycles. The molecule has 0 spiro atoms. The summed E-state index contributed by atoms with van der Waals surface area (Å²) in [5.74, 6) is -0.769. The Morgan fingerprint density at radius 2 is 2.27 bits per heavy atom. The van der Waals surface area contributed by atoms with Gasteiger partial charge >= 0.3 is 5.97 Å². The largest absolute Gasteiger partial charge is 0.481 e. The van der Waals surface area contributed by atoms with Gasteiger partial charge in [0.05, 0.1) is 6.42 Å². The molecule has 0 atom stereocenters. The van der Waals surface area contributed by atoms with Crippen molar-refractivity contribution in [2.45, 2.75) is 19.3 Å². The maximum absolute atomic E-state index is 10.7. The Morgan fingerprint density at radius 3 is 3.00 bits per heavy atom. The predicted molar refractivity (Wildman–Crippen MR) is 62.7 cm³/mol. The number of benzene rings is 1. The van der Waals surface area contributed by atoms with Crippen LogP contribution in [0.3, 0.4) is 0 Å². The van der Waals surface area contributed by atoms with E-state index in [-0.39, 0.29) is 6.42 Å². The van der Waals surface area contributed by atoms with Gasteiger partial charge in [0.2, 0.25) is 0 Å². The SMILES string of the molecule is O=C(O)CC1=CCCc2c(Br)cccc21. The Morgan fingerprint density at radius 1 is 1.47 bits per heavy atom. The predicted octanol–water partition coefficient (Wildman–Crippen LogP) is 3.25. The number of carboxylic acid groups (broad SMARTS) is 1. The van der Waals surface area contributed by atoms with Gasteiger partial charge in [-0.1, -0.05) is 34.1 Å². The van der Waals surface area contributed by atoms with E-state index in [1.54, 1.807) is 0 Å². The molecule has 0 saturated heterocycles. The van der Waals surface area contributed by atoms with Gasteiger partial charge in [-0.15, -0.1) is 0 Å². The smallest absolute Gasteiger partial charge is 0.307 e. The lowest BCUT2D eigenvalue weighted by molar-refractivity contribution is -0.135. The molecule has 1 aliphatic rings. The molecule has 1 aliphatic carbocycles. The molecular formula is C12H11BrO2. The molecule has 0 radical (unpaired) electrons. The first-order valence-electron chi connectivity index (χ1n) is 4.87. The highest BCUT2D eigenvalue weighted by Crippen LogP contribution is 2.33. The minimum absolute atomic E-state index is 0.115. The third-order valence-electron chi connectivity index (χ3n) is 2.59. The van der Waals surface area contributed by atoms with Crippen LogP contribution in [-0.2, 0) is 11.2 Å². The lowest BCUT2D eigenvalue weighted by Crippen LogP contribution is -2.04. The zero-order chi connectivity index (χ0) is 10.8. The Bertz CT molecular complexity index is 435. The molecule has 2 nitrogen and oxygen atoms in total. The van der Waals surface area contributed by atoms with Crippen LogP contribution in [0.2, 0.25) is 0 Å². The second-order valence-electron chi connectivity index (χ2n) is 3.60. The van der Waals surface area contributed by atoms with Gasteiger partial charge in [0, 0.05) is 4.47 Å². The second-order valence-corrected chi connectivity index (χ2v) is 4.46. The van der Waals surface area contributed by atoms with Crippen LogP contribution in [0.5, 0.6) is 0 Å². The van der Waals surface area contributed by atoms with Crippen LogP contribution >= 0.6 is 15.9 Å². The highest BCUT2D eigenvalue weighted by Gasteiger charge is 2.16. The summed E-state index contributed by atoms with van der Waals surface area (Å²) in [5.41, 5.74) is 3.25. The third-order valence-corrected chi connectivity index (χ3v) is 3.33. The summed E-state index contributed by atoms with van der Waals surface area (Å²) < 4.78 is 1.08. The molecule has 15 heavy (non-hydrogen) atoms. The molecule has 1 N–H and O–H groups in total. The van der Waals surface area contributed by atoms with E-state index < -0.39 is 5.97 Å². The van der Waals surface area contributed by atoms with Crippen LogP contribution in [0.15, 0.2) is 28.7 Å². The van der Waals surface area contributed by atoms with E-state index in [1.165, 1.54) is 5.56 Å². The normalized spacial score (nSPS) is 14.3. The fourth-order valence-corrected chi connectivity index (χ4v) is 2.51. The van der Waals surface area contributed by atoms with Gasteiger partial charge < -0.3 is 5.11 Å². The number of carbonyl (C=O) groups is 1. The minimum atomic E-state index is -0.769. The van der Waals surface area contributed by atoms with Crippen molar-refractivity contribution in [3.63, 3.8) is 0 Å². The van der Waals surface area contributed by atoms with Crippen molar-refractivity contribution in [2.75, 3.05) is 0 Å². The lowest BCUT2D eigenvalue weighted by Gasteiger charge is -2.17.